The van der Waals surface area contributed by atoms with Gasteiger partial charge < -0.3 is 13.6 Å². The van der Waals surface area contributed by atoms with Crippen molar-refractivity contribution >= 4 is 65.6 Å². The minimum atomic E-state index is 0.576. The minimum absolute atomic E-state index is 0.576. The number of furan rings is 1. The Morgan fingerprint density at radius 2 is 0.739 bits per heavy atom. The van der Waals surface area contributed by atoms with Gasteiger partial charge in [-0.15, -0.1) is 0 Å². The van der Waals surface area contributed by atoms with Crippen molar-refractivity contribution in [1.82, 2.24) is 24.1 Å². The predicted octanol–water partition coefficient (Wildman–Crippen LogP) is 16.3. The summed E-state index contributed by atoms with van der Waals surface area (Å²) in [6, 6.07) is 83.1. The molecule has 0 saturated heterocycles. The molecule has 0 spiro atoms. The zero-order valence-corrected chi connectivity index (χ0v) is 37.2. The largest absolute Gasteiger partial charge is 0.452 e. The molecule has 4 heterocycles. The van der Waals surface area contributed by atoms with Crippen molar-refractivity contribution in [1.29, 1.82) is 0 Å². The van der Waals surface area contributed by atoms with Gasteiger partial charge >= 0.3 is 0 Å². The lowest BCUT2D eigenvalue weighted by molar-refractivity contribution is 0.673. The smallest absolute Gasteiger partial charge is 0.166 e. The van der Waals surface area contributed by atoms with E-state index in [0.29, 0.717) is 17.5 Å². The van der Waals surface area contributed by atoms with E-state index in [9.17, 15) is 0 Å². The zero-order valence-electron chi connectivity index (χ0n) is 37.2. The van der Waals surface area contributed by atoms with Crippen molar-refractivity contribution in [2.75, 3.05) is 0 Å². The van der Waals surface area contributed by atoms with E-state index < -0.39 is 0 Å². The molecule has 0 aliphatic rings. The Balaban J connectivity index is 1.01. The number of rotatable bonds is 7. The summed E-state index contributed by atoms with van der Waals surface area (Å²) in [5, 5.41) is 6.64. The van der Waals surface area contributed by atoms with Crippen molar-refractivity contribution in [3.8, 4) is 67.8 Å². The number of hydrogen-bond donors (Lipinski definition) is 0. The molecule has 0 unspecified atom stereocenters. The van der Waals surface area contributed by atoms with Crippen LogP contribution in [0.4, 0.5) is 0 Å². The second kappa shape index (κ2) is 15.6. The third kappa shape index (κ3) is 6.23. The van der Waals surface area contributed by atoms with Crippen LogP contribution >= 0.6 is 0 Å². The Hall–Kier alpha value is -9.39. The van der Waals surface area contributed by atoms with Crippen LogP contribution in [-0.2, 0) is 0 Å². The van der Waals surface area contributed by atoms with E-state index in [1.54, 1.807) is 0 Å². The van der Waals surface area contributed by atoms with Crippen LogP contribution in [-0.4, -0.2) is 24.1 Å². The van der Waals surface area contributed by atoms with E-state index in [1.165, 1.54) is 16.5 Å². The zero-order chi connectivity index (χ0) is 45.4. The number of para-hydroxylation sites is 3. The molecule has 14 rings (SSSR count). The summed E-state index contributed by atoms with van der Waals surface area (Å²) < 4.78 is 12.1. The molecule has 4 aromatic heterocycles. The van der Waals surface area contributed by atoms with Crippen LogP contribution in [0.25, 0.3) is 133 Å². The molecule has 0 radical (unpaired) electrons. The topological polar surface area (TPSA) is 61.7 Å². The molecule has 0 aliphatic heterocycles. The first-order chi connectivity index (χ1) is 34.2. The Kier molecular flexibility index (Phi) is 8.79. The highest BCUT2D eigenvalue weighted by Crippen LogP contribution is 2.45. The first kappa shape index (κ1) is 38.8. The van der Waals surface area contributed by atoms with Crippen LogP contribution in [0.1, 0.15) is 0 Å². The molecule has 69 heavy (non-hydrogen) atoms. The van der Waals surface area contributed by atoms with Crippen LogP contribution in [0, 0.1) is 0 Å². The number of fused-ring (bicyclic) bond motifs is 11. The molecular formula is C63H39N5O. The molecule has 322 valence electrons. The first-order valence-electron chi connectivity index (χ1n) is 23.3. The Bertz CT molecular complexity index is 4280. The van der Waals surface area contributed by atoms with Gasteiger partial charge in [0.2, 0.25) is 0 Å². The van der Waals surface area contributed by atoms with Crippen molar-refractivity contribution in [2.45, 2.75) is 0 Å². The van der Waals surface area contributed by atoms with Gasteiger partial charge in [0.1, 0.15) is 0 Å². The summed E-state index contributed by atoms with van der Waals surface area (Å²) in [6.45, 7) is 0. The van der Waals surface area contributed by atoms with E-state index >= 15 is 0 Å². The second-order valence-corrected chi connectivity index (χ2v) is 17.5. The summed E-state index contributed by atoms with van der Waals surface area (Å²) in [6.07, 6.45) is 0. The third-order valence-electron chi connectivity index (χ3n) is 13.6. The van der Waals surface area contributed by atoms with Crippen molar-refractivity contribution in [3.63, 3.8) is 0 Å². The molecule has 0 atom stereocenters. The van der Waals surface area contributed by atoms with Crippen LogP contribution in [0.15, 0.2) is 241 Å². The SMILES string of the molecule is c1ccc(-c2ccc(-n3c4ccccc4c4ccc5c6ccc7c8ccccc8n(-c8ccccc8-c8nc(-c9ccccc9)nc(-c9cccc(-c%10ccccc%10)c9)n8)c7c6oc5c43)cc2)cc1. The molecule has 0 fully saturated rings. The van der Waals surface area contributed by atoms with Crippen LogP contribution in [0.2, 0.25) is 0 Å². The Labute approximate surface area is 396 Å². The molecule has 14 aromatic rings. The third-order valence-corrected chi connectivity index (χ3v) is 13.6. The Morgan fingerprint density at radius 3 is 1.39 bits per heavy atom. The summed E-state index contributed by atoms with van der Waals surface area (Å²) in [7, 11) is 0. The van der Waals surface area contributed by atoms with Crippen molar-refractivity contribution in [3.05, 3.63) is 237 Å². The number of benzene rings is 10. The van der Waals surface area contributed by atoms with Crippen LogP contribution in [0.3, 0.4) is 0 Å². The second-order valence-electron chi connectivity index (χ2n) is 17.5. The number of hydrogen-bond acceptors (Lipinski definition) is 4. The highest BCUT2D eigenvalue weighted by molar-refractivity contribution is 6.26. The lowest BCUT2D eigenvalue weighted by Crippen LogP contribution is -2.03. The van der Waals surface area contributed by atoms with Gasteiger partial charge in [0.25, 0.3) is 0 Å². The van der Waals surface area contributed by atoms with Gasteiger partial charge in [0.15, 0.2) is 28.6 Å². The van der Waals surface area contributed by atoms with Gasteiger partial charge in [-0.3, -0.25) is 0 Å². The van der Waals surface area contributed by atoms with E-state index in [4.69, 9.17) is 19.4 Å². The van der Waals surface area contributed by atoms with Gasteiger partial charge in [-0.05, 0) is 76.9 Å². The molecule has 6 heteroatoms. The molecule has 0 N–H and O–H groups in total. The summed E-state index contributed by atoms with van der Waals surface area (Å²) in [5.41, 5.74) is 15.1. The fourth-order valence-corrected chi connectivity index (χ4v) is 10.4. The fourth-order valence-electron chi connectivity index (χ4n) is 10.4. The van der Waals surface area contributed by atoms with E-state index in [1.807, 2.05) is 24.3 Å². The van der Waals surface area contributed by atoms with Gasteiger partial charge in [0, 0.05) is 54.7 Å². The maximum atomic E-state index is 7.42. The van der Waals surface area contributed by atoms with Crippen molar-refractivity contribution < 1.29 is 4.42 Å². The molecule has 6 nitrogen and oxygen atoms in total. The normalized spacial score (nSPS) is 11.8. The molecule has 10 aromatic carbocycles. The first-order valence-corrected chi connectivity index (χ1v) is 23.3. The maximum absolute atomic E-state index is 7.42. The predicted molar refractivity (Wildman–Crippen MR) is 283 cm³/mol. The molecule has 0 saturated carbocycles. The molecule has 0 amide bonds. The van der Waals surface area contributed by atoms with Crippen LogP contribution < -0.4 is 0 Å². The highest BCUT2D eigenvalue weighted by atomic mass is 16.3. The van der Waals surface area contributed by atoms with Crippen LogP contribution in [0.5, 0.6) is 0 Å². The molecular weight excluding hydrogens is 843 g/mol. The number of aromatic nitrogens is 5. The average molecular weight is 882 g/mol. The highest BCUT2D eigenvalue weighted by Gasteiger charge is 2.25. The lowest BCUT2D eigenvalue weighted by Gasteiger charge is -2.15. The van der Waals surface area contributed by atoms with Gasteiger partial charge in [0.05, 0.1) is 27.8 Å². The summed E-state index contributed by atoms with van der Waals surface area (Å²) >= 11 is 0. The van der Waals surface area contributed by atoms with E-state index in [0.717, 1.165) is 99.4 Å². The maximum Gasteiger partial charge on any atom is 0.166 e. The average Bonchev–Trinajstić information content (AvgIpc) is 4.10. The van der Waals surface area contributed by atoms with Gasteiger partial charge in [-0.2, -0.15) is 0 Å². The van der Waals surface area contributed by atoms with Gasteiger partial charge in [-0.25, -0.2) is 15.0 Å². The van der Waals surface area contributed by atoms with Gasteiger partial charge in [-0.1, -0.05) is 182 Å². The molecule has 0 aliphatic carbocycles. The Morgan fingerprint density at radius 1 is 0.290 bits per heavy atom. The monoisotopic (exact) mass is 881 g/mol. The lowest BCUT2D eigenvalue weighted by atomic mass is 10.0. The fraction of sp³-hybridized carbons (Fsp3) is 0. The standard InChI is InChI=1S/C63H39N5O/c1-4-17-40(18-5-1)42-31-33-46(34-32-42)67-54-28-13-10-25-47(54)49-35-37-51-52-38-36-50-48-26-11-14-29-55(48)68(58(50)60(52)69-59(51)57(49)67)56-30-15-12-27-53(56)63-65-61(43-21-8-3-9-22-43)64-62(66-63)45-24-16-23-44(39-45)41-19-6-2-7-20-41/h1-39H. The van der Waals surface area contributed by atoms with E-state index in [2.05, 4.69) is 221 Å². The quantitative estimate of drug-likeness (QED) is 0.160. The summed E-state index contributed by atoms with van der Waals surface area (Å²) in [5.74, 6) is 1.78. The minimum Gasteiger partial charge on any atom is -0.452 e. The summed E-state index contributed by atoms with van der Waals surface area (Å²) in [4.78, 5) is 15.7. The van der Waals surface area contributed by atoms with Crippen molar-refractivity contribution in [2.24, 2.45) is 0 Å². The molecule has 0 bridgehead atoms. The van der Waals surface area contributed by atoms with E-state index in [-0.39, 0.29) is 0 Å². The number of nitrogens with zero attached hydrogens (tertiary/aromatic N) is 5.